The van der Waals surface area contributed by atoms with E-state index in [0.717, 1.165) is 16.4 Å². The minimum Gasteiger partial charge on any atom is -0.478 e. The number of carbonyl (C=O) groups excluding carboxylic acids is 1. The largest absolute Gasteiger partial charge is 0.478 e. The molecular formula is C13H15FN2O6S. The van der Waals surface area contributed by atoms with E-state index >= 15 is 0 Å². The van der Waals surface area contributed by atoms with E-state index in [-0.39, 0.29) is 25.3 Å². The fourth-order valence-corrected chi connectivity index (χ4v) is 4.04. The van der Waals surface area contributed by atoms with Gasteiger partial charge >= 0.3 is 5.97 Å². The third-order valence-corrected chi connectivity index (χ3v) is 5.32. The Hall–Kier alpha value is -2.04. The van der Waals surface area contributed by atoms with Gasteiger partial charge in [0.15, 0.2) is 5.82 Å². The van der Waals surface area contributed by atoms with Crippen molar-refractivity contribution in [2.75, 3.05) is 19.8 Å². The molecule has 1 aliphatic rings. The first kappa shape index (κ1) is 17.3. The lowest BCUT2D eigenvalue weighted by atomic mass is 10.1. The average Bonchev–Trinajstić information content (AvgIpc) is 2.48. The quantitative estimate of drug-likeness (QED) is 0.771. The number of aromatic carboxylic acids is 1. The number of hydrogen-bond donors (Lipinski definition) is 2. The first-order chi connectivity index (χ1) is 10.7. The van der Waals surface area contributed by atoms with Gasteiger partial charge in [-0.1, -0.05) is 0 Å². The first-order valence-corrected chi connectivity index (χ1v) is 8.02. The Morgan fingerprint density at radius 2 is 2.09 bits per heavy atom. The van der Waals surface area contributed by atoms with E-state index in [0.29, 0.717) is 0 Å². The Morgan fingerprint density at radius 1 is 1.43 bits per heavy atom. The molecule has 0 radical (unpaired) electrons. The highest BCUT2D eigenvalue weighted by Crippen LogP contribution is 2.26. The number of primary amides is 1. The number of morpholine rings is 1. The molecule has 10 heteroatoms. The van der Waals surface area contributed by atoms with Crippen LogP contribution in [0.1, 0.15) is 15.9 Å². The first-order valence-electron chi connectivity index (χ1n) is 6.58. The monoisotopic (exact) mass is 346 g/mol. The standard InChI is InChI=1S/C13H15FN2O6S/c1-7-4-8(13(18)19)11(14)10(5-7)23(20,21)16-2-3-22-6-9(16)12(15)17/h4-5,9H,2-3,6H2,1H3,(H2,15,17)(H,18,19). The summed E-state index contributed by atoms with van der Waals surface area (Å²) in [7, 11) is -4.45. The van der Waals surface area contributed by atoms with Crippen molar-refractivity contribution in [1.82, 2.24) is 4.31 Å². The number of amides is 1. The maximum atomic E-state index is 14.3. The Bertz CT molecular complexity index is 764. The highest BCUT2D eigenvalue weighted by Gasteiger charge is 2.39. The van der Waals surface area contributed by atoms with Crippen LogP contribution in [0.15, 0.2) is 17.0 Å². The third kappa shape index (κ3) is 3.19. The van der Waals surface area contributed by atoms with Gasteiger partial charge in [-0.2, -0.15) is 4.31 Å². The van der Waals surface area contributed by atoms with Crippen molar-refractivity contribution in [3.8, 4) is 0 Å². The van der Waals surface area contributed by atoms with E-state index in [4.69, 9.17) is 15.6 Å². The Morgan fingerprint density at radius 3 is 2.65 bits per heavy atom. The van der Waals surface area contributed by atoms with Gasteiger partial charge in [-0.25, -0.2) is 17.6 Å². The van der Waals surface area contributed by atoms with Gasteiger partial charge in [0, 0.05) is 6.54 Å². The third-order valence-electron chi connectivity index (χ3n) is 3.41. The number of halogens is 1. The number of ether oxygens (including phenoxy) is 1. The number of nitrogens with two attached hydrogens (primary N) is 1. The average molecular weight is 346 g/mol. The van der Waals surface area contributed by atoms with Crippen LogP contribution in [0.2, 0.25) is 0 Å². The minimum atomic E-state index is -4.45. The molecule has 1 aromatic rings. The second-order valence-corrected chi connectivity index (χ2v) is 6.90. The molecule has 0 aromatic heterocycles. The molecule has 1 fully saturated rings. The van der Waals surface area contributed by atoms with Gasteiger partial charge in [-0.15, -0.1) is 0 Å². The molecule has 3 N–H and O–H groups in total. The second-order valence-electron chi connectivity index (χ2n) is 5.04. The number of carboxylic acids is 1. The molecule has 1 aliphatic heterocycles. The summed E-state index contributed by atoms with van der Waals surface area (Å²) in [6, 6.07) is 0.772. The van der Waals surface area contributed by atoms with Gasteiger partial charge < -0.3 is 15.6 Å². The van der Waals surface area contributed by atoms with E-state index in [1.807, 2.05) is 0 Å². The summed E-state index contributed by atoms with van der Waals surface area (Å²) < 4.78 is 45.5. The lowest BCUT2D eigenvalue weighted by molar-refractivity contribution is -0.125. The second kappa shape index (κ2) is 6.22. The number of carbonyl (C=O) groups is 2. The van der Waals surface area contributed by atoms with Crippen LogP contribution in [-0.2, 0) is 19.6 Å². The van der Waals surface area contributed by atoms with Crippen LogP contribution in [0.25, 0.3) is 0 Å². The van der Waals surface area contributed by atoms with Gasteiger partial charge in [0.2, 0.25) is 15.9 Å². The van der Waals surface area contributed by atoms with Crippen LogP contribution < -0.4 is 5.73 Å². The molecule has 0 aliphatic carbocycles. The molecular weight excluding hydrogens is 331 g/mol. The summed E-state index contributed by atoms with van der Waals surface area (Å²) in [5.74, 6) is -3.89. The smallest absolute Gasteiger partial charge is 0.338 e. The Balaban J connectivity index is 2.59. The fraction of sp³-hybridized carbons (Fsp3) is 0.385. The minimum absolute atomic E-state index is 0.0161. The topological polar surface area (TPSA) is 127 Å². The van der Waals surface area contributed by atoms with Gasteiger partial charge in [-0.3, -0.25) is 4.79 Å². The van der Waals surface area contributed by atoms with Crippen molar-refractivity contribution in [3.63, 3.8) is 0 Å². The van der Waals surface area contributed by atoms with Crippen molar-refractivity contribution in [3.05, 3.63) is 29.1 Å². The predicted octanol–water partition coefficient (Wildman–Crippen LogP) is -0.293. The summed E-state index contributed by atoms with van der Waals surface area (Å²) in [5, 5.41) is 8.99. The van der Waals surface area contributed by atoms with Gasteiger partial charge in [0.25, 0.3) is 0 Å². The molecule has 8 nitrogen and oxygen atoms in total. The molecule has 0 spiro atoms. The molecule has 1 atom stereocenters. The summed E-state index contributed by atoms with van der Waals surface area (Å²) in [6.07, 6.45) is 0. The molecule has 1 aromatic carbocycles. The highest BCUT2D eigenvalue weighted by molar-refractivity contribution is 7.89. The lowest BCUT2D eigenvalue weighted by Gasteiger charge is -2.32. The molecule has 23 heavy (non-hydrogen) atoms. The molecule has 0 saturated carbocycles. The normalized spacial score (nSPS) is 19.5. The van der Waals surface area contributed by atoms with Crippen LogP contribution in [0.5, 0.6) is 0 Å². The molecule has 1 unspecified atom stereocenters. The number of rotatable bonds is 4. The highest BCUT2D eigenvalue weighted by atomic mass is 32.2. The van der Waals surface area contributed by atoms with Crippen LogP contribution in [0.4, 0.5) is 4.39 Å². The summed E-state index contributed by atoms with van der Waals surface area (Å²) in [6.45, 7) is 1.03. The summed E-state index contributed by atoms with van der Waals surface area (Å²) in [5.41, 5.74) is 4.66. The molecule has 126 valence electrons. The number of nitrogens with zero attached hydrogens (tertiary/aromatic N) is 1. The number of aryl methyl sites for hydroxylation is 1. The molecule has 1 saturated heterocycles. The van der Waals surface area contributed by atoms with Crippen molar-refractivity contribution < 1.29 is 32.2 Å². The predicted molar refractivity (Wildman–Crippen MR) is 75.8 cm³/mol. The molecule has 1 amide bonds. The van der Waals surface area contributed by atoms with E-state index in [1.54, 1.807) is 0 Å². The van der Waals surface area contributed by atoms with Crippen molar-refractivity contribution in [2.45, 2.75) is 17.9 Å². The van der Waals surface area contributed by atoms with Crippen LogP contribution in [-0.4, -0.2) is 55.5 Å². The number of carboxylic acid groups (broad SMARTS) is 1. The maximum Gasteiger partial charge on any atom is 0.338 e. The zero-order valence-electron chi connectivity index (χ0n) is 12.2. The molecule has 0 bridgehead atoms. The van der Waals surface area contributed by atoms with Crippen LogP contribution >= 0.6 is 0 Å². The van der Waals surface area contributed by atoms with Gasteiger partial charge in [0.05, 0.1) is 18.8 Å². The lowest BCUT2D eigenvalue weighted by Crippen LogP contribution is -2.54. The summed E-state index contributed by atoms with van der Waals surface area (Å²) >= 11 is 0. The van der Waals surface area contributed by atoms with Crippen molar-refractivity contribution in [2.24, 2.45) is 5.73 Å². The SMILES string of the molecule is Cc1cc(C(=O)O)c(F)c(S(=O)(=O)N2CCOCC2C(N)=O)c1. The zero-order valence-corrected chi connectivity index (χ0v) is 13.0. The van der Waals surface area contributed by atoms with E-state index in [1.165, 1.54) is 6.92 Å². The van der Waals surface area contributed by atoms with E-state index in [2.05, 4.69) is 0 Å². The van der Waals surface area contributed by atoms with Crippen LogP contribution in [0.3, 0.4) is 0 Å². The van der Waals surface area contributed by atoms with Crippen LogP contribution in [0, 0.1) is 12.7 Å². The molecule has 1 heterocycles. The Labute approximate surface area is 131 Å². The van der Waals surface area contributed by atoms with Gasteiger partial charge in [-0.05, 0) is 24.6 Å². The Kier molecular flexibility index (Phi) is 4.68. The van der Waals surface area contributed by atoms with Crippen molar-refractivity contribution >= 4 is 21.9 Å². The number of sulfonamides is 1. The van der Waals surface area contributed by atoms with E-state index in [9.17, 15) is 22.4 Å². The van der Waals surface area contributed by atoms with E-state index < -0.39 is 44.2 Å². The number of hydrogen-bond acceptors (Lipinski definition) is 5. The maximum absolute atomic E-state index is 14.3. The summed E-state index contributed by atoms with van der Waals surface area (Å²) in [4.78, 5) is 21.7. The van der Waals surface area contributed by atoms with Gasteiger partial charge in [0.1, 0.15) is 10.9 Å². The van der Waals surface area contributed by atoms with Crippen molar-refractivity contribution in [1.29, 1.82) is 0 Å². The fourth-order valence-electron chi connectivity index (χ4n) is 2.31. The zero-order chi connectivity index (χ0) is 17.4. The molecule has 2 rings (SSSR count). The number of benzene rings is 1.